The van der Waals surface area contributed by atoms with Crippen LogP contribution in [0.5, 0.6) is 0 Å². The number of amides is 2. The van der Waals surface area contributed by atoms with E-state index in [1.165, 1.54) is 0 Å². The molecule has 4 aliphatic rings. The van der Waals surface area contributed by atoms with Gasteiger partial charge in [0.15, 0.2) is 0 Å². The summed E-state index contributed by atoms with van der Waals surface area (Å²) < 4.78 is 26.7. The van der Waals surface area contributed by atoms with Crippen LogP contribution in [0.4, 0.5) is 4.79 Å². The van der Waals surface area contributed by atoms with Crippen LogP contribution in [-0.2, 0) is 10.0 Å². The number of aliphatic hydroxyl groups excluding tert-OH is 1. The molecule has 24 heavy (non-hydrogen) atoms. The first kappa shape index (κ1) is 16.4. The van der Waals surface area contributed by atoms with Crippen LogP contribution in [0.25, 0.3) is 0 Å². The molecule has 0 unspecified atom stereocenters. The number of urea groups is 1. The Bertz CT molecular complexity index is 701. The first-order valence-corrected chi connectivity index (χ1v) is 10.5. The van der Waals surface area contributed by atoms with E-state index >= 15 is 0 Å². The number of nitrogens with zero attached hydrogens (tertiary/aromatic N) is 1. The Morgan fingerprint density at radius 2 is 2.08 bits per heavy atom. The van der Waals surface area contributed by atoms with E-state index in [9.17, 15) is 18.3 Å². The molecule has 2 N–H and O–H groups in total. The average molecular weight is 354 g/mol. The molecular weight excluding hydrogens is 328 g/mol. The van der Waals surface area contributed by atoms with E-state index in [4.69, 9.17) is 0 Å². The number of aliphatic hydroxyl groups is 1. The summed E-state index contributed by atoms with van der Waals surface area (Å²) in [6.45, 7) is 4.33. The number of carbonyl (C=O) groups is 1. The first-order valence-electron chi connectivity index (χ1n) is 8.86. The van der Waals surface area contributed by atoms with Gasteiger partial charge in [-0.05, 0) is 43.4 Å². The van der Waals surface area contributed by atoms with E-state index in [1.807, 2.05) is 6.08 Å². The van der Waals surface area contributed by atoms with E-state index < -0.39 is 28.2 Å². The zero-order valence-electron chi connectivity index (χ0n) is 14.2. The van der Waals surface area contributed by atoms with E-state index in [2.05, 4.69) is 19.2 Å². The van der Waals surface area contributed by atoms with Crippen molar-refractivity contribution in [2.75, 3.05) is 5.75 Å². The summed E-state index contributed by atoms with van der Waals surface area (Å²) in [7, 11) is -3.61. The second-order valence-electron chi connectivity index (χ2n) is 8.47. The maximum absolute atomic E-state index is 12.8. The number of allylic oxidation sites excluding steroid dienone is 1. The number of fused-ring (bicyclic) bond motifs is 1. The minimum atomic E-state index is -3.61. The average Bonchev–Trinajstić information content (AvgIpc) is 2.96. The van der Waals surface area contributed by atoms with Crippen molar-refractivity contribution in [3.63, 3.8) is 0 Å². The van der Waals surface area contributed by atoms with Crippen LogP contribution in [-0.4, -0.2) is 47.8 Å². The fourth-order valence-corrected chi connectivity index (χ4v) is 8.23. The van der Waals surface area contributed by atoms with Crippen LogP contribution in [0.3, 0.4) is 0 Å². The van der Waals surface area contributed by atoms with Gasteiger partial charge in [-0.25, -0.2) is 17.5 Å². The third kappa shape index (κ3) is 1.97. The predicted molar refractivity (Wildman–Crippen MR) is 89.7 cm³/mol. The summed E-state index contributed by atoms with van der Waals surface area (Å²) in [5.41, 5.74) is -0.355. The molecule has 1 heterocycles. The fourth-order valence-electron chi connectivity index (χ4n) is 5.75. The van der Waals surface area contributed by atoms with Crippen molar-refractivity contribution >= 4 is 16.1 Å². The second-order valence-corrected chi connectivity index (χ2v) is 10.3. The van der Waals surface area contributed by atoms with Crippen molar-refractivity contribution < 1.29 is 18.3 Å². The molecule has 7 heteroatoms. The van der Waals surface area contributed by atoms with Gasteiger partial charge in [-0.15, -0.1) is 0 Å². The van der Waals surface area contributed by atoms with Crippen molar-refractivity contribution in [2.24, 2.45) is 16.7 Å². The lowest BCUT2D eigenvalue weighted by Crippen LogP contribution is -2.53. The van der Waals surface area contributed by atoms with E-state index in [0.717, 1.165) is 30.0 Å². The van der Waals surface area contributed by atoms with Crippen LogP contribution >= 0.6 is 0 Å². The van der Waals surface area contributed by atoms with E-state index in [1.54, 1.807) is 6.08 Å². The maximum Gasteiger partial charge on any atom is 0.331 e. The Kier molecular flexibility index (Phi) is 3.40. The predicted octanol–water partition coefficient (Wildman–Crippen LogP) is 1.62. The molecule has 134 valence electrons. The van der Waals surface area contributed by atoms with Crippen LogP contribution in [0, 0.1) is 16.7 Å². The maximum atomic E-state index is 12.8. The summed E-state index contributed by atoms with van der Waals surface area (Å²) in [4.78, 5) is 12.8. The normalized spacial score (nSPS) is 44.5. The molecule has 3 fully saturated rings. The molecule has 2 bridgehead atoms. The van der Waals surface area contributed by atoms with Crippen molar-refractivity contribution in [1.29, 1.82) is 0 Å². The molecule has 4 rings (SSSR count). The third-order valence-corrected chi connectivity index (χ3v) is 9.21. The van der Waals surface area contributed by atoms with Gasteiger partial charge in [0.1, 0.15) is 0 Å². The number of rotatable bonds is 1. The van der Waals surface area contributed by atoms with Crippen LogP contribution in [0.15, 0.2) is 12.2 Å². The van der Waals surface area contributed by atoms with Gasteiger partial charge < -0.3 is 10.4 Å². The zero-order valence-corrected chi connectivity index (χ0v) is 15.1. The lowest BCUT2D eigenvalue weighted by molar-refractivity contribution is 0.113. The van der Waals surface area contributed by atoms with Gasteiger partial charge in [0, 0.05) is 5.41 Å². The van der Waals surface area contributed by atoms with Crippen LogP contribution in [0.2, 0.25) is 0 Å². The molecule has 0 aromatic rings. The highest BCUT2D eigenvalue weighted by Gasteiger charge is 2.72. The van der Waals surface area contributed by atoms with Crippen LogP contribution in [0.1, 0.15) is 46.0 Å². The molecule has 5 atom stereocenters. The summed E-state index contributed by atoms with van der Waals surface area (Å²) >= 11 is 0. The van der Waals surface area contributed by atoms with Gasteiger partial charge in [0.2, 0.25) is 10.0 Å². The van der Waals surface area contributed by atoms with Crippen molar-refractivity contribution in [3.8, 4) is 0 Å². The smallest absolute Gasteiger partial charge is 0.331 e. The topological polar surface area (TPSA) is 86.7 Å². The Morgan fingerprint density at radius 1 is 1.33 bits per heavy atom. The van der Waals surface area contributed by atoms with Gasteiger partial charge >= 0.3 is 6.03 Å². The van der Waals surface area contributed by atoms with Crippen LogP contribution < -0.4 is 5.32 Å². The summed E-state index contributed by atoms with van der Waals surface area (Å²) in [5.74, 6) is 0.561. The number of nitrogens with one attached hydrogen (secondary N) is 1. The molecule has 2 amide bonds. The van der Waals surface area contributed by atoms with Gasteiger partial charge in [-0.3, -0.25) is 0 Å². The van der Waals surface area contributed by atoms with Gasteiger partial charge in [-0.2, -0.15) is 0 Å². The van der Waals surface area contributed by atoms with Gasteiger partial charge in [0.25, 0.3) is 0 Å². The first-order chi connectivity index (χ1) is 11.2. The van der Waals surface area contributed by atoms with Gasteiger partial charge in [-0.1, -0.05) is 26.0 Å². The molecule has 1 aliphatic heterocycles. The number of hydrogen-bond donors (Lipinski definition) is 2. The lowest BCUT2D eigenvalue weighted by atomic mass is 9.69. The highest BCUT2D eigenvalue weighted by molar-refractivity contribution is 7.90. The monoisotopic (exact) mass is 354 g/mol. The summed E-state index contributed by atoms with van der Waals surface area (Å²) in [5, 5.41) is 12.8. The number of sulfonamides is 1. The van der Waals surface area contributed by atoms with Crippen molar-refractivity contribution in [1.82, 2.24) is 9.62 Å². The highest BCUT2D eigenvalue weighted by Crippen LogP contribution is 2.69. The molecule has 2 saturated carbocycles. The number of carbonyl (C=O) groups excluding carboxylic acids is 1. The Labute approximate surface area is 143 Å². The fraction of sp³-hybridized carbons (Fsp3) is 0.824. The minimum Gasteiger partial charge on any atom is -0.387 e. The second kappa shape index (κ2) is 4.97. The van der Waals surface area contributed by atoms with E-state index in [-0.39, 0.29) is 22.6 Å². The van der Waals surface area contributed by atoms with Gasteiger partial charge in [0.05, 0.1) is 23.9 Å². The minimum absolute atomic E-state index is 0.0488. The largest absolute Gasteiger partial charge is 0.387 e. The number of hydrogen-bond acceptors (Lipinski definition) is 4. The lowest BCUT2D eigenvalue weighted by Gasteiger charge is -2.37. The molecule has 1 spiro atoms. The van der Waals surface area contributed by atoms with E-state index in [0.29, 0.717) is 12.3 Å². The molecule has 0 radical (unpaired) electrons. The molecular formula is C17H26N2O4S. The summed E-state index contributed by atoms with van der Waals surface area (Å²) in [6, 6.07) is -1.20. The Hall–Kier alpha value is -1.08. The Morgan fingerprint density at radius 3 is 2.75 bits per heavy atom. The molecule has 3 aliphatic carbocycles. The molecule has 6 nitrogen and oxygen atoms in total. The van der Waals surface area contributed by atoms with Crippen molar-refractivity contribution in [3.05, 3.63) is 12.2 Å². The zero-order chi connectivity index (χ0) is 17.3. The Balaban J connectivity index is 1.61. The van der Waals surface area contributed by atoms with Crippen molar-refractivity contribution in [2.45, 2.75) is 64.1 Å². The molecule has 0 aromatic carbocycles. The SMILES string of the molecule is CC1(C)[C@H]2CC[C@@]13CS(=O)(=O)N(C(=O)N[C@@H]1CCC=C[C@@H]1O)[C@H]3C2. The quantitative estimate of drug-likeness (QED) is 0.701. The highest BCUT2D eigenvalue weighted by atomic mass is 32.2. The molecule has 0 aromatic heterocycles. The molecule has 1 saturated heterocycles. The summed E-state index contributed by atoms with van der Waals surface area (Å²) in [6.07, 6.45) is 6.90. The standard InChI is InChI=1S/C17H26N2O4S/c1-16(2)11-7-8-17(16)10-24(22,23)19(14(17)9-11)15(21)18-12-5-3-4-6-13(12)20/h4,6,11-14,20H,3,5,7-10H2,1-2H3,(H,18,21)/t11-,12+,13-,14-,17-/m0/s1. The third-order valence-electron chi connectivity index (χ3n) is 7.31.